The summed E-state index contributed by atoms with van der Waals surface area (Å²) in [5.41, 5.74) is 0.486. The lowest BCUT2D eigenvalue weighted by atomic mass is 9.95. The molecule has 2 aliphatic rings. The van der Waals surface area contributed by atoms with Crippen LogP contribution in [-0.4, -0.2) is 76.2 Å². The number of hydrogen-bond acceptors (Lipinski definition) is 7. The summed E-state index contributed by atoms with van der Waals surface area (Å²) in [5, 5.41) is 18.3. The Morgan fingerprint density at radius 3 is 2.09 bits per heavy atom. The standard InChI is InChI=1S/C43H58N4O7S2/c1-4-5-6-7-8-9-10-11-12-13-17-25-32(56(53,54)34-27-20-24-30-21-18-19-26-33(30)34)28-29-44-42(52)46-35(31-22-15-14-16-23-31)38(48)45-36-39(49)47-37(41(50)51)43(2,3)55-40(36)47/h14-16,18-24,26-27,32,35-37,40H,4-13,17,25,28-29H2,1-3H3,(H,45,48)(H,50,51)(H2,44,46,52)/t32?,35?,36-,37+,40-/m1/s1. The van der Waals surface area contributed by atoms with Crippen LogP contribution in [0.4, 0.5) is 4.79 Å². The first-order chi connectivity index (χ1) is 26.9. The van der Waals surface area contributed by atoms with E-state index in [1.165, 1.54) is 61.6 Å². The molecule has 56 heavy (non-hydrogen) atoms. The lowest BCUT2D eigenvalue weighted by Crippen LogP contribution is -2.71. The first kappa shape index (κ1) is 43.0. The lowest BCUT2D eigenvalue weighted by molar-refractivity contribution is -0.161. The number of benzene rings is 3. The van der Waals surface area contributed by atoms with Gasteiger partial charge in [0.05, 0.1) is 10.1 Å². The molecule has 0 spiro atoms. The van der Waals surface area contributed by atoms with Crippen LogP contribution in [-0.2, 0) is 24.2 Å². The van der Waals surface area contributed by atoms with Crippen molar-refractivity contribution in [3.63, 3.8) is 0 Å². The van der Waals surface area contributed by atoms with E-state index in [0.29, 0.717) is 17.4 Å². The molecular formula is C43H58N4O7S2. The summed E-state index contributed by atoms with van der Waals surface area (Å²) in [6, 6.07) is 17.6. The molecule has 5 rings (SSSR count). The van der Waals surface area contributed by atoms with Gasteiger partial charge in [-0.05, 0) is 43.7 Å². The molecule has 0 aromatic heterocycles. The van der Waals surface area contributed by atoms with Gasteiger partial charge in [-0.25, -0.2) is 18.0 Å². The van der Waals surface area contributed by atoms with Crippen LogP contribution in [0, 0.1) is 0 Å². The number of nitrogens with one attached hydrogen (secondary N) is 3. The minimum atomic E-state index is -3.77. The second-order valence-electron chi connectivity index (χ2n) is 15.6. The van der Waals surface area contributed by atoms with Crippen molar-refractivity contribution >= 4 is 56.2 Å². The Balaban J connectivity index is 1.20. The first-order valence-electron chi connectivity index (χ1n) is 20.2. The molecule has 11 nitrogen and oxygen atoms in total. The summed E-state index contributed by atoms with van der Waals surface area (Å²) in [5.74, 6) is -2.20. The highest BCUT2D eigenvalue weighted by molar-refractivity contribution is 8.01. The van der Waals surface area contributed by atoms with Crippen molar-refractivity contribution in [1.82, 2.24) is 20.9 Å². The minimum Gasteiger partial charge on any atom is -0.480 e. The number of amides is 4. The number of nitrogens with zero attached hydrogens (tertiary/aromatic N) is 1. The van der Waals surface area contributed by atoms with Gasteiger partial charge >= 0.3 is 12.0 Å². The fourth-order valence-electron chi connectivity index (χ4n) is 7.97. The van der Waals surface area contributed by atoms with Crippen LogP contribution >= 0.6 is 11.8 Å². The molecule has 304 valence electrons. The molecule has 2 fully saturated rings. The maximum atomic E-state index is 14.3. The van der Waals surface area contributed by atoms with Crippen LogP contribution in [0.5, 0.6) is 0 Å². The molecule has 0 aliphatic carbocycles. The monoisotopic (exact) mass is 806 g/mol. The molecule has 2 saturated heterocycles. The largest absolute Gasteiger partial charge is 0.480 e. The predicted molar refractivity (Wildman–Crippen MR) is 222 cm³/mol. The lowest BCUT2D eigenvalue weighted by Gasteiger charge is -2.44. The van der Waals surface area contributed by atoms with Gasteiger partial charge in [-0.15, -0.1) is 11.8 Å². The zero-order valence-corrected chi connectivity index (χ0v) is 34.5. The third-order valence-electron chi connectivity index (χ3n) is 11.0. The van der Waals surface area contributed by atoms with Crippen molar-refractivity contribution in [3.8, 4) is 0 Å². The van der Waals surface area contributed by atoms with Crippen LogP contribution in [0.3, 0.4) is 0 Å². The Bertz CT molecular complexity index is 1920. The van der Waals surface area contributed by atoms with Crippen LogP contribution < -0.4 is 16.0 Å². The number of aliphatic carboxylic acids is 1. The van der Waals surface area contributed by atoms with E-state index in [0.717, 1.165) is 31.1 Å². The normalized spacial score (nSPS) is 19.8. The molecule has 2 aliphatic heterocycles. The number of fused-ring (bicyclic) bond motifs is 2. The van der Waals surface area contributed by atoms with Crippen molar-refractivity contribution in [3.05, 3.63) is 78.4 Å². The minimum absolute atomic E-state index is 0.0576. The van der Waals surface area contributed by atoms with Gasteiger partial charge in [0.2, 0.25) is 11.8 Å². The third-order valence-corrected chi connectivity index (χ3v) is 14.9. The highest BCUT2D eigenvalue weighted by atomic mass is 32.2. The summed E-state index contributed by atoms with van der Waals surface area (Å²) in [6.45, 7) is 5.80. The summed E-state index contributed by atoms with van der Waals surface area (Å²) >= 11 is 1.32. The number of unbranched alkanes of at least 4 members (excludes halogenated alkanes) is 10. The fraction of sp³-hybridized carbons (Fsp3) is 0.535. The fourth-order valence-corrected chi connectivity index (χ4v) is 11.6. The van der Waals surface area contributed by atoms with E-state index in [9.17, 15) is 32.7 Å². The first-order valence-corrected chi connectivity index (χ1v) is 22.6. The molecule has 0 bridgehead atoms. The molecule has 0 saturated carbocycles. The molecule has 2 heterocycles. The molecule has 3 aromatic rings. The van der Waals surface area contributed by atoms with Gasteiger partial charge in [0, 0.05) is 16.7 Å². The summed E-state index contributed by atoms with van der Waals surface area (Å²) < 4.78 is 27.8. The van der Waals surface area contributed by atoms with Gasteiger partial charge in [0.1, 0.15) is 23.5 Å². The smallest absolute Gasteiger partial charge is 0.327 e. The van der Waals surface area contributed by atoms with Gasteiger partial charge < -0.3 is 26.0 Å². The molecule has 13 heteroatoms. The Labute approximate surface area is 336 Å². The Morgan fingerprint density at radius 1 is 0.821 bits per heavy atom. The molecule has 5 atom stereocenters. The summed E-state index contributed by atoms with van der Waals surface area (Å²) in [6.07, 6.45) is 13.4. The Kier molecular flexibility index (Phi) is 15.3. The number of carbonyl (C=O) groups excluding carboxylic acids is 3. The van der Waals surface area contributed by atoms with E-state index in [2.05, 4.69) is 22.9 Å². The van der Waals surface area contributed by atoms with Crippen molar-refractivity contribution in [1.29, 1.82) is 0 Å². The van der Waals surface area contributed by atoms with Crippen molar-refractivity contribution < 1.29 is 32.7 Å². The zero-order chi connectivity index (χ0) is 40.3. The maximum Gasteiger partial charge on any atom is 0.327 e. The van der Waals surface area contributed by atoms with E-state index in [-0.39, 0.29) is 17.9 Å². The zero-order valence-electron chi connectivity index (χ0n) is 32.9. The van der Waals surface area contributed by atoms with Crippen LogP contribution in [0.25, 0.3) is 10.8 Å². The molecular weight excluding hydrogens is 749 g/mol. The summed E-state index contributed by atoms with van der Waals surface area (Å²) in [7, 11) is -3.77. The SMILES string of the molecule is CCCCCCCCCCCCCC(CCNC(=O)NC(C(=O)N[C@@H]1C(=O)N2[C@@H]1SC(C)(C)[C@@H]2C(=O)O)c1ccccc1)S(=O)(=O)c1cccc2ccccc12. The molecule has 4 N–H and O–H groups in total. The van der Waals surface area contributed by atoms with E-state index in [4.69, 9.17) is 0 Å². The van der Waals surface area contributed by atoms with Crippen LogP contribution in [0.15, 0.2) is 77.7 Å². The molecule has 0 radical (unpaired) electrons. The topological polar surface area (TPSA) is 162 Å². The number of urea groups is 1. The van der Waals surface area contributed by atoms with Gasteiger partial charge in [-0.3, -0.25) is 9.59 Å². The number of hydrogen-bond donors (Lipinski definition) is 4. The third kappa shape index (κ3) is 10.4. The Morgan fingerprint density at radius 2 is 1.43 bits per heavy atom. The average molecular weight is 807 g/mol. The van der Waals surface area contributed by atoms with Gasteiger partial charge in [-0.2, -0.15) is 0 Å². The summed E-state index contributed by atoms with van der Waals surface area (Å²) in [4.78, 5) is 53.8. The van der Waals surface area contributed by atoms with Gasteiger partial charge in [-0.1, -0.05) is 144 Å². The highest BCUT2D eigenvalue weighted by Gasteiger charge is 2.64. The average Bonchev–Trinajstić information content (AvgIpc) is 3.44. The van der Waals surface area contributed by atoms with E-state index >= 15 is 0 Å². The van der Waals surface area contributed by atoms with Crippen molar-refractivity contribution in [2.24, 2.45) is 0 Å². The van der Waals surface area contributed by atoms with Gasteiger partial charge in [0.25, 0.3) is 0 Å². The predicted octanol–water partition coefficient (Wildman–Crippen LogP) is 7.75. The highest BCUT2D eigenvalue weighted by Crippen LogP contribution is 2.50. The molecule has 4 amide bonds. The quantitative estimate of drug-likeness (QED) is 0.0592. The van der Waals surface area contributed by atoms with E-state index in [1.807, 2.05) is 30.3 Å². The number of carbonyl (C=O) groups is 4. The number of thioether (sulfide) groups is 1. The van der Waals surface area contributed by atoms with Crippen LogP contribution in [0.1, 0.15) is 116 Å². The number of carboxylic acids is 1. The number of sulfone groups is 1. The van der Waals surface area contributed by atoms with Gasteiger partial charge in [0.15, 0.2) is 9.84 Å². The molecule has 3 aromatic carbocycles. The number of rotatable bonds is 22. The second kappa shape index (κ2) is 19.9. The van der Waals surface area contributed by atoms with Crippen molar-refractivity contribution in [2.75, 3.05) is 6.54 Å². The van der Waals surface area contributed by atoms with E-state index < -0.39 is 67.1 Å². The van der Waals surface area contributed by atoms with E-state index in [1.54, 1.807) is 56.3 Å². The number of carboxylic acid groups (broad SMARTS) is 1. The van der Waals surface area contributed by atoms with Crippen LogP contribution in [0.2, 0.25) is 0 Å². The Hall–Kier alpha value is -4.10. The number of β-lactam (4-membered cyclic amide) rings is 1. The van der Waals surface area contributed by atoms with Crippen molar-refractivity contribution in [2.45, 2.75) is 143 Å². The second-order valence-corrected chi connectivity index (χ2v) is 19.6. The maximum absolute atomic E-state index is 14.3. The molecule has 2 unspecified atom stereocenters.